The second kappa shape index (κ2) is 6.32. The van der Waals surface area contributed by atoms with E-state index in [9.17, 15) is 13.2 Å². The summed E-state index contributed by atoms with van der Waals surface area (Å²) in [5.74, 6) is -0.243. The second-order valence-corrected chi connectivity index (χ2v) is 7.23. The molecule has 2 aromatic carbocycles. The minimum absolute atomic E-state index is 0.0176. The molecule has 0 saturated heterocycles. The van der Waals surface area contributed by atoms with Gasteiger partial charge in [-0.05, 0) is 48.5 Å². The topological polar surface area (TPSA) is 121 Å². The van der Waals surface area contributed by atoms with Gasteiger partial charge in [0.2, 0.25) is 10.0 Å². The van der Waals surface area contributed by atoms with Crippen LogP contribution in [-0.4, -0.2) is 23.9 Å². The van der Waals surface area contributed by atoms with Gasteiger partial charge in [0.15, 0.2) is 0 Å². The van der Waals surface area contributed by atoms with Gasteiger partial charge in [-0.2, -0.15) is 0 Å². The van der Waals surface area contributed by atoms with Gasteiger partial charge in [0, 0.05) is 22.5 Å². The second-order valence-electron chi connectivity index (χ2n) is 5.23. The normalized spacial score (nSPS) is 11.4. The van der Waals surface area contributed by atoms with Crippen molar-refractivity contribution in [3.8, 4) is 17.1 Å². The first-order chi connectivity index (χ1) is 11.8. The van der Waals surface area contributed by atoms with Gasteiger partial charge in [0.05, 0.1) is 4.90 Å². The maximum atomic E-state index is 11.5. The number of carbonyl (C=O) groups excluding carboxylic acids is 1. The average Bonchev–Trinajstić information content (AvgIpc) is 3.00. The van der Waals surface area contributed by atoms with E-state index in [0.29, 0.717) is 16.4 Å². The van der Waals surface area contributed by atoms with Crippen molar-refractivity contribution in [1.29, 1.82) is 0 Å². The lowest BCUT2D eigenvalue weighted by molar-refractivity contribution is 0.0996. The zero-order valence-electron chi connectivity index (χ0n) is 12.8. The minimum Gasteiger partial charge on any atom is -0.364 e. The smallest absolute Gasteiger partial charge is 0.268 e. The molecule has 0 radical (unpaired) electrons. The van der Waals surface area contributed by atoms with E-state index in [-0.39, 0.29) is 10.6 Å². The molecule has 0 saturated carbocycles. The Morgan fingerprint density at radius 1 is 1.04 bits per heavy atom. The highest BCUT2D eigenvalue weighted by molar-refractivity contribution is 7.89. The van der Waals surface area contributed by atoms with Crippen LogP contribution in [0.4, 0.5) is 0 Å². The first kappa shape index (κ1) is 17.2. The van der Waals surface area contributed by atoms with E-state index in [4.69, 9.17) is 22.5 Å². The summed E-state index contributed by atoms with van der Waals surface area (Å²) in [5.41, 5.74) is 6.72. The standard InChI is InChI=1S/C16H13ClN4O3S/c17-11-3-5-12(6-4-11)21-9-14(15(18)22)20-16(21)10-1-7-13(8-2-10)25(19,23)24/h1-9H,(H2,18,22)(H2,19,23,24). The Morgan fingerprint density at radius 2 is 1.64 bits per heavy atom. The third-order valence-electron chi connectivity index (χ3n) is 3.50. The van der Waals surface area contributed by atoms with Crippen LogP contribution in [0.5, 0.6) is 0 Å². The monoisotopic (exact) mass is 376 g/mol. The summed E-state index contributed by atoms with van der Waals surface area (Å²) in [7, 11) is -3.79. The van der Waals surface area contributed by atoms with Crippen molar-refractivity contribution in [2.75, 3.05) is 0 Å². The van der Waals surface area contributed by atoms with Crippen molar-refractivity contribution in [2.24, 2.45) is 10.9 Å². The number of hydrogen-bond acceptors (Lipinski definition) is 4. The molecule has 0 unspecified atom stereocenters. The summed E-state index contributed by atoms with van der Waals surface area (Å²) < 4.78 is 24.4. The highest BCUT2D eigenvalue weighted by Crippen LogP contribution is 2.25. The van der Waals surface area contributed by atoms with E-state index in [1.807, 2.05) is 0 Å². The summed E-state index contributed by atoms with van der Waals surface area (Å²) in [6.07, 6.45) is 1.51. The maximum Gasteiger partial charge on any atom is 0.268 e. The predicted octanol–water partition coefficient (Wildman–Crippen LogP) is 1.94. The van der Waals surface area contributed by atoms with Crippen molar-refractivity contribution in [1.82, 2.24) is 9.55 Å². The van der Waals surface area contributed by atoms with E-state index in [1.165, 1.54) is 18.3 Å². The predicted molar refractivity (Wildman–Crippen MR) is 93.9 cm³/mol. The Morgan fingerprint density at radius 3 is 2.16 bits per heavy atom. The molecule has 3 aromatic rings. The molecular weight excluding hydrogens is 364 g/mol. The molecule has 1 amide bonds. The van der Waals surface area contributed by atoms with Crippen molar-refractivity contribution >= 4 is 27.5 Å². The van der Waals surface area contributed by atoms with Crippen LogP contribution >= 0.6 is 11.6 Å². The van der Waals surface area contributed by atoms with Gasteiger partial charge in [-0.15, -0.1) is 0 Å². The molecule has 1 heterocycles. The highest BCUT2D eigenvalue weighted by atomic mass is 35.5. The van der Waals surface area contributed by atoms with Gasteiger partial charge in [0.25, 0.3) is 5.91 Å². The zero-order valence-corrected chi connectivity index (χ0v) is 14.3. The summed E-state index contributed by atoms with van der Waals surface area (Å²) in [6, 6.07) is 12.8. The quantitative estimate of drug-likeness (QED) is 0.722. The van der Waals surface area contributed by atoms with Crippen molar-refractivity contribution < 1.29 is 13.2 Å². The fourth-order valence-electron chi connectivity index (χ4n) is 2.29. The fraction of sp³-hybridized carbons (Fsp3) is 0. The Labute approximate surface area is 148 Å². The number of rotatable bonds is 4. The first-order valence-corrected chi connectivity index (χ1v) is 8.96. The number of aromatic nitrogens is 2. The number of sulfonamides is 1. The number of halogens is 1. The maximum absolute atomic E-state index is 11.5. The molecule has 9 heteroatoms. The molecule has 3 rings (SSSR count). The molecule has 0 spiro atoms. The lowest BCUT2D eigenvalue weighted by Gasteiger charge is -2.08. The molecule has 0 aliphatic rings. The number of amides is 1. The Kier molecular flexibility index (Phi) is 4.34. The van der Waals surface area contributed by atoms with E-state index in [1.54, 1.807) is 41.0 Å². The molecule has 0 aliphatic carbocycles. The van der Waals surface area contributed by atoms with Gasteiger partial charge >= 0.3 is 0 Å². The molecule has 0 bridgehead atoms. The summed E-state index contributed by atoms with van der Waals surface area (Å²) in [5, 5.41) is 5.67. The fourth-order valence-corrected chi connectivity index (χ4v) is 2.94. The Balaban J connectivity index is 2.14. The number of benzene rings is 2. The molecule has 0 aliphatic heterocycles. The van der Waals surface area contributed by atoms with Crippen LogP contribution in [0.3, 0.4) is 0 Å². The van der Waals surface area contributed by atoms with E-state index >= 15 is 0 Å². The van der Waals surface area contributed by atoms with Gasteiger partial charge in [-0.3, -0.25) is 9.36 Å². The number of imidazole rings is 1. The average molecular weight is 377 g/mol. The van der Waals surface area contributed by atoms with Crippen LogP contribution in [0.2, 0.25) is 5.02 Å². The van der Waals surface area contributed by atoms with Gasteiger partial charge in [0.1, 0.15) is 11.5 Å². The van der Waals surface area contributed by atoms with Crippen molar-refractivity contribution in [3.63, 3.8) is 0 Å². The summed E-state index contributed by atoms with van der Waals surface area (Å²) in [6.45, 7) is 0. The Hall–Kier alpha value is -2.68. The van der Waals surface area contributed by atoms with Crippen LogP contribution in [0, 0.1) is 0 Å². The lowest BCUT2D eigenvalue weighted by atomic mass is 10.2. The highest BCUT2D eigenvalue weighted by Gasteiger charge is 2.16. The largest absolute Gasteiger partial charge is 0.364 e. The molecule has 1 aromatic heterocycles. The van der Waals surface area contributed by atoms with Crippen LogP contribution in [-0.2, 0) is 10.0 Å². The third-order valence-corrected chi connectivity index (χ3v) is 4.69. The molecule has 0 atom stereocenters. The molecule has 4 N–H and O–H groups in total. The van der Waals surface area contributed by atoms with Crippen LogP contribution in [0.15, 0.2) is 59.6 Å². The van der Waals surface area contributed by atoms with Crippen LogP contribution in [0.1, 0.15) is 10.5 Å². The first-order valence-electron chi connectivity index (χ1n) is 7.04. The van der Waals surface area contributed by atoms with Crippen LogP contribution in [0.25, 0.3) is 17.1 Å². The van der Waals surface area contributed by atoms with E-state index < -0.39 is 15.9 Å². The number of primary sulfonamides is 1. The number of hydrogen-bond donors (Lipinski definition) is 2. The zero-order chi connectivity index (χ0) is 18.2. The SMILES string of the molecule is NC(=O)c1cn(-c2ccc(Cl)cc2)c(-c2ccc(S(N)(=O)=O)cc2)n1. The molecule has 128 valence electrons. The Bertz CT molecular complexity index is 1040. The molecule has 7 nitrogen and oxygen atoms in total. The van der Waals surface area contributed by atoms with Gasteiger partial charge < -0.3 is 5.73 Å². The van der Waals surface area contributed by atoms with Crippen molar-refractivity contribution in [2.45, 2.75) is 4.90 Å². The molecular formula is C16H13ClN4O3S. The number of nitrogens with two attached hydrogens (primary N) is 2. The minimum atomic E-state index is -3.79. The lowest BCUT2D eigenvalue weighted by Crippen LogP contribution is -2.11. The number of nitrogens with zero attached hydrogens (tertiary/aromatic N) is 2. The number of carbonyl (C=O) groups is 1. The summed E-state index contributed by atoms with van der Waals surface area (Å²) >= 11 is 5.90. The molecule has 25 heavy (non-hydrogen) atoms. The van der Waals surface area contributed by atoms with Crippen molar-refractivity contribution in [3.05, 3.63) is 65.4 Å². The van der Waals surface area contributed by atoms with Gasteiger partial charge in [-0.1, -0.05) is 11.6 Å². The van der Waals surface area contributed by atoms with Gasteiger partial charge in [-0.25, -0.2) is 18.5 Å². The third kappa shape index (κ3) is 3.55. The number of primary amides is 1. The van der Waals surface area contributed by atoms with E-state index in [0.717, 1.165) is 5.69 Å². The van der Waals surface area contributed by atoms with E-state index in [2.05, 4.69) is 4.98 Å². The summed E-state index contributed by atoms with van der Waals surface area (Å²) in [4.78, 5) is 15.7. The molecule has 0 fully saturated rings. The van der Waals surface area contributed by atoms with Crippen LogP contribution < -0.4 is 10.9 Å².